The molecule has 0 radical (unpaired) electrons. The van der Waals surface area contributed by atoms with Crippen LogP contribution in [0.2, 0.25) is 0 Å². The van der Waals surface area contributed by atoms with Crippen molar-refractivity contribution in [3.05, 3.63) is 35.4 Å². The standard InChI is InChI=1S/C14H21Cl/c1-11(2)4-9-14(15)10-13-7-5-12(3)6-8-13/h5-8,11,14H,4,9-10H2,1-3H3. The van der Waals surface area contributed by atoms with E-state index in [1.54, 1.807) is 0 Å². The summed E-state index contributed by atoms with van der Waals surface area (Å²) in [6.45, 7) is 6.60. The van der Waals surface area contributed by atoms with Crippen LogP contribution in [-0.2, 0) is 6.42 Å². The molecule has 0 amide bonds. The molecule has 0 nitrogen and oxygen atoms in total. The SMILES string of the molecule is Cc1ccc(CC(Cl)CCC(C)C)cc1. The summed E-state index contributed by atoms with van der Waals surface area (Å²) in [4.78, 5) is 0. The van der Waals surface area contributed by atoms with Crippen molar-refractivity contribution in [3.63, 3.8) is 0 Å². The molecule has 0 fully saturated rings. The molecule has 1 unspecified atom stereocenters. The molecule has 1 aromatic rings. The Morgan fingerprint density at radius 3 is 2.20 bits per heavy atom. The quantitative estimate of drug-likeness (QED) is 0.643. The van der Waals surface area contributed by atoms with E-state index in [0.29, 0.717) is 0 Å². The van der Waals surface area contributed by atoms with Gasteiger partial charge in [-0.3, -0.25) is 0 Å². The topological polar surface area (TPSA) is 0 Å². The van der Waals surface area contributed by atoms with Crippen LogP contribution in [-0.4, -0.2) is 5.38 Å². The van der Waals surface area contributed by atoms with Gasteiger partial charge in [-0.25, -0.2) is 0 Å². The van der Waals surface area contributed by atoms with Gasteiger partial charge in [-0.15, -0.1) is 11.6 Å². The first kappa shape index (κ1) is 12.6. The Morgan fingerprint density at radius 2 is 1.67 bits per heavy atom. The first-order valence-electron chi connectivity index (χ1n) is 5.77. The fourth-order valence-electron chi connectivity index (χ4n) is 1.60. The van der Waals surface area contributed by atoms with Crippen molar-refractivity contribution < 1.29 is 0 Å². The van der Waals surface area contributed by atoms with Crippen molar-refractivity contribution >= 4 is 11.6 Å². The van der Waals surface area contributed by atoms with Gasteiger partial charge in [0.25, 0.3) is 0 Å². The van der Waals surface area contributed by atoms with Gasteiger partial charge in [0.05, 0.1) is 0 Å². The number of alkyl halides is 1. The van der Waals surface area contributed by atoms with Crippen LogP contribution < -0.4 is 0 Å². The number of rotatable bonds is 5. The second-order valence-corrected chi connectivity index (χ2v) is 5.38. The molecule has 0 saturated heterocycles. The fourth-order valence-corrected chi connectivity index (χ4v) is 1.90. The van der Waals surface area contributed by atoms with Crippen molar-refractivity contribution in [3.8, 4) is 0 Å². The van der Waals surface area contributed by atoms with E-state index in [0.717, 1.165) is 18.8 Å². The second kappa shape index (κ2) is 6.17. The van der Waals surface area contributed by atoms with Gasteiger partial charge >= 0.3 is 0 Å². The van der Waals surface area contributed by atoms with Crippen LogP contribution in [0.15, 0.2) is 24.3 Å². The lowest BCUT2D eigenvalue weighted by Gasteiger charge is -2.11. The molecule has 1 aromatic carbocycles. The van der Waals surface area contributed by atoms with Gasteiger partial charge in [0.2, 0.25) is 0 Å². The molecule has 0 bridgehead atoms. The Bertz CT molecular complexity index is 274. The summed E-state index contributed by atoms with van der Waals surface area (Å²) in [6, 6.07) is 8.67. The van der Waals surface area contributed by atoms with Crippen LogP contribution in [0.25, 0.3) is 0 Å². The highest BCUT2D eigenvalue weighted by Crippen LogP contribution is 2.16. The Hall–Kier alpha value is -0.490. The first-order valence-corrected chi connectivity index (χ1v) is 6.21. The van der Waals surface area contributed by atoms with E-state index in [9.17, 15) is 0 Å². The normalized spacial score (nSPS) is 13.1. The molecule has 0 N–H and O–H groups in total. The maximum atomic E-state index is 6.30. The summed E-state index contributed by atoms with van der Waals surface area (Å²) in [7, 11) is 0. The summed E-state index contributed by atoms with van der Waals surface area (Å²) < 4.78 is 0. The number of hydrogen-bond acceptors (Lipinski definition) is 0. The minimum Gasteiger partial charge on any atom is -0.123 e. The zero-order chi connectivity index (χ0) is 11.3. The highest BCUT2D eigenvalue weighted by Gasteiger charge is 2.06. The minimum atomic E-state index is 0.287. The molecule has 1 atom stereocenters. The van der Waals surface area contributed by atoms with E-state index < -0.39 is 0 Å². The van der Waals surface area contributed by atoms with E-state index in [4.69, 9.17) is 11.6 Å². The summed E-state index contributed by atoms with van der Waals surface area (Å²) >= 11 is 6.30. The summed E-state index contributed by atoms with van der Waals surface area (Å²) in [6.07, 6.45) is 3.34. The van der Waals surface area contributed by atoms with Crippen LogP contribution in [0.4, 0.5) is 0 Å². The number of benzene rings is 1. The lowest BCUT2D eigenvalue weighted by molar-refractivity contribution is 0.541. The summed E-state index contributed by atoms with van der Waals surface area (Å²) in [5.74, 6) is 0.754. The van der Waals surface area contributed by atoms with Crippen LogP contribution >= 0.6 is 11.6 Å². The van der Waals surface area contributed by atoms with Crippen molar-refractivity contribution in [2.75, 3.05) is 0 Å². The number of hydrogen-bond donors (Lipinski definition) is 0. The van der Waals surface area contributed by atoms with Crippen molar-refractivity contribution in [1.29, 1.82) is 0 Å². The van der Waals surface area contributed by atoms with Crippen LogP contribution in [0.1, 0.15) is 37.8 Å². The van der Waals surface area contributed by atoms with Crippen LogP contribution in [0.3, 0.4) is 0 Å². The van der Waals surface area contributed by atoms with Crippen LogP contribution in [0.5, 0.6) is 0 Å². The van der Waals surface area contributed by atoms with E-state index in [1.807, 2.05) is 0 Å². The summed E-state index contributed by atoms with van der Waals surface area (Å²) in [5.41, 5.74) is 2.66. The zero-order valence-electron chi connectivity index (χ0n) is 9.96. The molecular weight excluding hydrogens is 204 g/mol. The molecule has 0 aliphatic carbocycles. The first-order chi connectivity index (χ1) is 7.08. The van der Waals surface area contributed by atoms with Gasteiger partial charge in [-0.1, -0.05) is 43.7 Å². The molecule has 84 valence electrons. The highest BCUT2D eigenvalue weighted by molar-refractivity contribution is 6.20. The molecular formula is C14H21Cl. The summed E-state index contributed by atoms with van der Waals surface area (Å²) in [5, 5.41) is 0.287. The monoisotopic (exact) mass is 224 g/mol. The van der Waals surface area contributed by atoms with E-state index in [-0.39, 0.29) is 5.38 Å². The molecule has 0 aliphatic heterocycles. The zero-order valence-corrected chi connectivity index (χ0v) is 10.7. The smallest absolute Gasteiger partial charge is 0.0376 e. The van der Waals surface area contributed by atoms with Crippen LogP contribution in [0, 0.1) is 12.8 Å². The largest absolute Gasteiger partial charge is 0.123 e. The predicted molar refractivity (Wildman–Crippen MR) is 68.6 cm³/mol. The molecule has 1 rings (SSSR count). The van der Waals surface area contributed by atoms with E-state index in [2.05, 4.69) is 45.0 Å². The lowest BCUT2D eigenvalue weighted by Crippen LogP contribution is -2.05. The Kier molecular flexibility index (Phi) is 5.17. The highest BCUT2D eigenvalue weighted by atomic mass is 35.5. The maximum absolute atomic E-state index is 6.30. The third-order valence-corrected chi connectivity index (χ3v) is 3.01. The van der Waals surface area contributed by atoms with E-state index in [1.165, 1.54) is 17.5 Å². The van der Waals surface area contributed by atoms with Gasteiger partial charge < -0.3 is 0 Å². The fraction of sp³-hybridized carbons (Fsp3) is 0.571. The van der Waals surface area contributed by atoms with Crippen molar-refractivity contribution in [1.82, 2.24) is 0 Å². The lowest BCUT2D eigenvalue weighted by atomic mass is 10.0. The van der Waals surface area contributed by atoms with Gasteiger partial charge in [-0.05, 0) is 37.7 Å². The molecule has 0 aromatic heterocycles. The second-order valence-electron chi connectivity index (χ2n) is 4.76. The average Bonchev–Trinajstić information content (AvgIpc) is 2.19. The number of aryl methyl sites for hydroxylation is 1. The molecule has 0 saturated carbocycles. The molecule has 15 heavy (non-hydrogen) atoms. The van der Waals surface area contributed by atoms with Gasteiger partial charge in [0.1, 0.15) is 0 Å². The molecule has 0 aliphatic rings. The average molecular weight is 225 g/mol. The van der Waals surface area contributed by atoms with Crippen molar-refractivity contribution in [2.45, 2.75) is 45.4 Å². The molecule has 0 heterocycles. The Labute approximate surface area is 98.7 Å². The number of halogens is 1. The van der Waals surface area contributed by atoms with Crippen molar-refractivity contribution in [2.24, 2.45) is 5.92 Å². The maximum Gasteiger partial charge on any atom is 0.0376 e. The third kappa shape index (κ3) is 5.22. The minimum absolute atomic E-state index is 0.287. The third-order valence-electron chi connectivity index (χ3n) is 2.64. The Morgan fingerprint density at radius 1 is 1.07 bits per heavy atom. The Balaban J connectivity index is 2.37. The predicted octanol–water partition coefficient (Wildman–Crippen LogP) is 4.58. The van der Waals surface area contributed by atoms with E-state index >= 15 is 0 Å². The van der Waals surface area contributed by atoms with Gasteiger partial charge in [-0.2, -0.15) is 0 Å². The molecule has 0 spiro atoms. The molecule has 1 heteroatoms. The van der Waals surface area contributed by atoms with Gasteiger partial charge in [0, 0.05) is 5.38 Å². The van der Waals surface area contributed by atoms with Gasteiger partial charge in [0.15, 0.2) is 0 Å².